The van der Waals surface area contributed by atoms with E-state index in [-0.39, 0.29) is 5.56 Å². The van der Waals surface area contributed by atoms with Crippen molar-refractivity contribution in [1.29, 1.82) is 0 Å². The zero-order chi connectivity index (χ0) is 14.3. The topological polar surface area (TPSA) is 80.9 Å². The Morgan fingerprint density at radius 2 is 2.00 bits per heavy atom. The Balaban J connectivity index is 2.21. The Bertz CT molecular complexity index is 823. The molecule has 0 saturated carbocycles. The van der Waals surface area contributed by atoms with E-state index in [4.69, 9.17) is 0 Å². The Labute approximate surface area is 114 Å². The minimum Gasteiger partial charge on any atom is -0.478 e. The average molecular weight is 268 g/mol. The predicted molar refractivity (Wildman–Crippen MR) is 73.1 cm³/mol. The number of carboxylic acids is 1. The first kappa shape index (κ1) is 12.3. The first-order valence-electron chi connectivity index (χ1n) is 6.09. The molecule has 0 bridgehead atoms. The van der Waals surface area contributed by atoms with Gasteiger partial charge >= 0.3 is 5.97 Å². The molecule has 1 aromatic carbocycles. The van der Waals surface area contributed by atoms with Crippen LogP contribution in [-0.4, -0.2) is 30.8 Å². The van der Waals surface area contributed by atoms with Crippen LogP contribution in [0.1, 0.15) is 21.7 Å². The van der Waals surface area contributed by atoms with Gasteiger partial charge in [-0.25, -0.2) is 19.4 Å². The van der Waals surface area contributed by atoms with Crippen molar-refractivity contribution in [3.05, 3.63) is 47.4 Å². The molecule has 0 amide bonds. The number of aromatic carboxylic acids is 1. The second-order valence-electron chi connectivity index (χ2n) is 4.49. The number of benzene rings is 1. The van der Waals surface area contributed by atoms with E-state index >= 15 is 0 Å². The molecular weight excluding hydrogens is 256 g/mol. The van der Waals surface area contributed by atoms with Gasteiger partial charge in [-0.05, 0) is 19.9 Å². The zero-order valence-electron chi connectivity index (χ0n) is 11.0. The SMILES string of the molecule is Cc1nn(-c2ncc3ccccc3n2)c(C)c1C(=O)O. The summed E-state index contributed by atoms with van der Waals surface area (Å²) in [6.07, 6.45) is 1.70. The monoisotopic (exact) mass is 268 g/mol. The smallest absolute Gasteiger partial charge is 0.339 e. The van der Waals surface area contributed by atoms with E-state index in [1.807, 2.05) is 24.3 Å². The quantitative estimate of drug-likeness (QED) is 0.770. The lowest BCUT2D eigenvalue weighted by molar-refractivity contribution is 0.0695. The Morgan fingerprint density at radius 1 is 1.25 bits per heavy atom. The van der Waals surface area contributed by atoms with E-state index in [1.165, 1.54) is 4.68 Å². The lowest BCUT2D eigenvalue weighted by Gasteiger charge is -2.03. The van der Waals surface area contributed by atoms with Gasteiger partial charge < -0.3 is 5.11 Å². The first-order chi connectivity index (χ1) is 9.58. The number of rotatable bonds is 2. The van der Waals surface area contributed by atoms with Crippen molar-refractivity contribution in [3.63, 3.8) is 0 Å². The number of hydrogen-bond acceptors (Lipinski definition) is 4. The molecule has 0 fully saturated rings. The predicted octanol–water partition coefficient (Wildman–Crippen LogP) is 2.13. The maximum absolute atomic E-state index is 11.2. The molecule has 0 atom stereocenters. The number of aryl methyl sites for hydroxylation is 1. The zero-order valence-corrected chi connectivity index (χ0v) is 11.0. The van der Waals surface area contributed by atoms with Crippen LogP contribution < -0.4 is 0 Å². The second kappa shape index (κ2) is 4.41. The molecule has 0 radical (unpaired) electrons. The summed E-state index contributed by atoms with van der Waals surface area (Å²) in [6.45, 7) is 3.36. The van der Waals surface area contributed by atoms with Crippen molar-refractivity contribution < 1.29 is 9.90 Å². The summed E-state index contributed by atoms with van der Waals surface area (Å²) in [5.41, 5.74) is 1.96. The van der Waals surface area contributed by atoms with Gasteiger partial charge in [-0.3, -0.25) is 0 Å². The highest BCUT2D eigenvalue weighted by atomic mass is 16.4. The number of nitrogens with zero attached hydrogens (tertiary/aromatic N) is 4. The molecule has 2 aromatic heterocycles. The summed E-state index contributed by atoms with van der Waals surface area (Å²) >= 11 is 0. The Morgan fingerprint density at radius 3 is 2.70 bits per heavy atom. The largest absolute Gasteiger partial charge is 0.478 e. The summed E-state index contributed by atoms with van der Waals surface area (Å²) in [4.78, 5) is 19.9. The maximum atomic E-state index is 11.2. The summed E-state index contributed by atoms with van der Waals surface area (Å²) in [7, 11) is 0. The molecule has 20 heavy (non-hydrogen) atoms. The van der Waals surface area contributed by atoms with Gasteiger partial charge in [0.2, 0.25) is 0 Å². The van der Waals surface area contributed by atoms with Crippen molar-refractivity contribution in [2.24, 2.45) is 0 Å². The number of carbonyl (C=O) groups is 1. The van der Waals surface area contributed by atoms with Crippen molar-refractivity contribution >= 4 is 16.9 Å². The van der Waals surface area contributed by atoms with Crippen molar-refractivity contribution in [2.45, 2.75) is 13.8 Å². The third kappa shape index (κ3) is 1.82. The fourth-order valence-corrected chi connectivity index (χ4v) is 2.21. The van der Waals surface area contributed by atoms with Crippen LogP contribution in [0.15, 0.2) is 30.5 Å². The second-order valence-corrected chi connectivity index (χ2v) is 4.49. The molecule has 1 N–H and O–H groups in total. The molecule has 6 heteroatoms. The van der Waals surface area contributed by atoms with Crippen LogP contribution in [0.3, 0.4) is 0 Å². The maximum Gasteiger partial charge on any atom is 0.339 e. The third-order valence-corrected chi connectivity index (χ3v) is 3.17. The minimum absolute atomic E-state index is 0.196. The lowest BCUT2D eigenvalue weighted by Crippen LogP contribution is -2.06. The van der Waals surface area contributed by atoms with Crippen LogP contribution in [0, 0.1) is 13.8 Å². The van der Waals surface area contributed by atoms with Crippen LogP contribution in [0.2, 0.25) is 0 Å². The van der Waals surface area contributed by atoms with E-state index in [9.17, 15) is 9.90 Å². The first-order valence-corrected chi connectivity index (χ1v) is 6.09. The van der Waals surface area contributed by atoms with Crippen molar-refractivity contribution in [1.82, 2.24) is 19.7 Å². The fourth-order valence-electron chi connectivity index (χ4n) is 2.21. The highest BCUT2D eigenvalue weighted by Crippen LogP contribution is 2.17. The van der Waals surface area contributed by atoms with Gasteiger partial charge in [0.1, 0.15) is 5.56 Å². The van der Waals surface area contributed by atoms with Gasteiger partial charge in [-0.1, -0.05) is 18.2 Å². The van der Waals surface area contributed by atoms with Crippen molar-refractivity contribution in [3.8, 4) is 5.95 Å². The molecule has 100 valence electrons. The van der Waals surface area contributed by atoms with Gasteiger partial charge in [0.25, 0.3) is 5.95 Å². The van der Waals surface area contributed by atoms with Crippen LogP contribution in [0.25, 0.3) is 16.9 Å². The minimum atomic E-state index is -0.993. The molecule has 6 nitrogen and oxygen atoms in total. The van der Waals surface area contributed by atoms with Gasteiger partial charge in [-0.2, -0.15) is 5.10 Å². The van der Waals surface area contributed by atoms with E-state index in [2.05, 4.69) is 15.1 Å². The highest BCUT2D eigenvalue weighted by Gasteiger charge is 2.19. The molecule has 0 aliphatic heterocycles. The average Bonchev–Trinajstić information content (AvgIpc) is 2.73. The molecule has 3 rings (SSSR count). The van der Waals surface area contributed by atoms with Crippen LogP contribution in [-0.2, 0) is 0 Å². The third-order valence-electron chi connectivity index (χ3n) is 3.17. The molecule has 3 aromatic rings. The van der Waals surface area contributed by atoms with Gasteiger partial charge in [0.05, 0.1) is 16.9 Å². The number of hydrogen-bond donors (Lipinski definition) is 1. The molecule has 0 spiro atoms. The molecule has 0 unspecified atom stereocenters. The molecule has 0 saturated heterocycles. The van der Waals surface area contributed by atoms with E-state index in [0.29, 0.717) is 17.3 Å². The molecule has 0 aliphatic carbocycles. The number of aromatic nitrogens is 4. The van der Waals surface area contributed by atoms with Gasteiger partial charge in [-0.15, -0.1) is 0 Å². The summed E-state index contributed by atoms with van der Waals surface area (Å²) in [6, 6.07) is 7.60. The van der Waals surface area contributed by atoms with Crippen molar-refractivity contribution in [2.75, 3.05) is 0 Å². The van der Waals surface area contributed by atoms with E-state index in [0.717, 1.165) is 10.9 Å². The van der Waals surface area contributed by atoms with Gasteiger partial charge in [0, 0.05) is 11.6 Å². The van der Waals surface area contributed by atoms with Crippen LogP contribution >= 0.6 is 0 Å². The highest BCUT2D eigenvalue weighted by molar-refractivity contribution is 5.90. The number of carboxylic acid groups (broad SMARTS) is 1. The van der Waals surface area contributed by atoms with Crippen LogP contribution in [0.5, 0.6) is 0 Å². The molecular formula is C14H12N4O2. The summed E-state index contributed by atoms with van der Waals surface area (Å²) in [5.74, 6) is -0.621. The summed E-state index contributed by atoms with van der Waals surface area (Å²) in [5, 5.41) is 14.3. The standard InChI is InChI=1S/C14H12N4O2/c1-8-12(13(19)20)9(2)18(17-8)14-15-7-10-5-3-4-6-11(10)16-14/h3-7H,1-2H3,(H,19,20). The van der Waals surface area contributed by atoms with E-state index in [1.54, 1.807) is 20.0 Å². The van der Waals surface area contributed by atoms with Gasteiger partial charge in [0.15, 0.2) is 0 Å². The normalized spacial score (nSPS) is 10.9. The summed E-state index contributed by atoms with van der Waals surface area (Å²) < 4.78 is 1.46. The Kier molecular flexibility index (Phi) is 2.71. The fraction of sp³-hybridized carbons (Fsp3) is 0.143. The Hall–Kier alpha value is -2.76. The van der Waals surface area contributed by atoms with E-state index < -0.39 is 5.97 Å². The number of fused-ring (bicyclic) bond motifs is 1. The lowest BCUT2D eigenvalue weighted by atomic mass is 10.2. The number of para-hydroxylation sites is 1. The molecule has 0 aliphatic rings. The molecule has 2 heterocycles. The van der Waals surface area contributed by atoms with Crippen LogP contribution in [0.4, 0.5) is 0 Å².